The van der Waals surface area contributed by atoms with Crippen LogP contribution in [0.25, 0.3) is 0 Å². The molecule has 0 fully saturated rings. The molecule has 0 radical (unpaired) electrons. The number of aryl methyl sites for hydroxylation is 1. The van der Waals surface area contributed by atoms with E-state index in [0.29, 0.717) is 25.1 Å². The summed E-state index contributed by atoms with van der Waals surface area (Å²) in [5.41, 5.74) is 2.85. The molecule has 0 aliphatic rings. The number of carbonyl (C=O) groups excluding carboxylic acids is 1. The smallest absolute Gasteiger partial charge is 0.341 e. The highest BCUT2D eigenvalue weighted by atomic mass is 16.5. The summed E-state index contributed by atoms with van der Waals surface area (Å²) >= 11 is 0. The fraction of sp³-hybridized carbons (Fsp3) is 0.278. The summed E-state index contributed by atoms with van der Waals surface area (Å²) in [4.78, 5) is 26.5. The highest BCUT2D eigenvalue weighted by Crippen LogP contribution is 2.12. The molecule has 1 heterocycles. The lowest BCUT2D eigenvalue weighted by Crippen LogP contribution is -2.27. The van der Waals surface area contributed by atoms with Crippen LogP contribution in [0.5, 0.6) is 5.75 Å². The van der Waals surface area contributed by atoms with E-state index in [4.69, 9.17) is 9.84 Å². The van der Waals surface area contributed by atoms with Crippen molar-refractivity contribution in [2.24, 2.45) is 0 Å². The van der Waals surface area contributed by atoms with Gasteiger partial charge in [0.1, 0.15) is 5.75 Å². The third-order valence-electron chi connectivity index (χ3n) is 3.36. The van der Waals surface area contributed by atoms with E-state index in [-0.39, 0.29) is 12.5 Å². The third kappa shape index (κ3) is 6.08. The lowest BCUT2D eigenvalue weighted by atomic mass is 10.1. The second-order valence-corrected chi connectivity index (χ2v) is 5.41. The Kier molecular flexibility index (Phi) is 6.31. The quantitative estimate of drug-likeness (QED) is 0.771. The van der Waals surface area contributed by atoms with Crippen LogP contribution in [0, 0.1) is 6.92 Å². The van der Waals surface area contributed by atoms with Crippen molar-refractivity contribution in [2.45, 2.75) is 19.8 Å². The minimum atomic E-state index is -1.01. The van der Waals surface area contributed by atoms with Crippen LogP contribution in [0.1, 0.15) is 16.8 Å². The first-order chi connectivity index (χ1) is 11.5. The second-order valence-electron chi connectivity index (χ2n) is 5.41. The van der Waals surface area contributed by atoms with Gasteiger partial charge in [0, 0.05) is 18.4 Å². The molecule has 1 amide bonds. The topological polar surface area (TPSA) is 88.5 Å². The van der Waals surface area contributed by atoms with Crippen LogP contribution in [0.4, 0.5) is 0 Å². The number of carboxylic acids is 1. The molecule has 6 nitrogen and oxygen atoms in total. The van der Waals surface area contributed by atoms with Gasteiger partial charge in [0.05, 0.1) is 6.42 Å². The molecule has 2 rings (SSSR count). The molecule has 0 atom stereocenters. The first-order valence-electron chi connectivity index (χ1n) is 7.64. The van der Waals surface area contributed by atoms with Gasteiger partial charge in [-0.2, -0.15) is 0 Å². The molecule has 0 unspecified atom stereocenters. The van der Waals surface area contributed by atoms with E-state index in [1.165, 1.54) is 0 Å². The average molecular weight is 328 g/mol. The average Bonchev–Trinajstić information content (AvgIpc) is 2.56. The van der Waals surface area contributed by atoms with E-state index in [2.05, 4.69) is 10.3 Å². The molecule has 0 spiro atoms. The molecule has 1 aromatic heterocycles. The number of carboxylic acid groups (broad SMARTS) is 1. The van der Waals surface area contributed by atoms with Gasteiger partial charge in [0.25, 0.3) is 0 Å². The van der Waals surface area contributed by atoms with Gasteiger partial charge in [0.2, 0.25) is 5.91 Å². The fourth-order valence-corrected chi connectivity index (χ4v) is 2.09. The lowest BCUT2D eigenvalue weighted by Gasteiger charge is -2.07. The van der Waals surface area contributed by atoms with Crippen molar-refractivity contribution < 1.29 is 19.4 Å². The monoisotopic (exact) mass is 328 g/mol. The Bertz CT molecular complexity index is 681. The normalized spacial score (nSPS) is 10.2. The molecule has 0 saturated heterocycles. The fourth-order valence-electron chi connectivity index (χ4n) is 2.09. The van der Waals surface area contributed by atoms with Crippen LogP contribution in [0.3, 0.4) is 0 Å². The van der Waals surface area contributed by atoms with Gasteiger partial charge in [0.15, 0.2) is 6.61 Å². The third-order valence-corrected chi connectivity index (χ3v) is 3.36. The van der Waals surface area contributed by atoms with Crippen molar-refractivity contribution in [3.63, 3.8) is 0 Å². The molecule has 2 N–H and O–H groups in total. The molecule has 126 valence electrons. The van der Waals surface area contributed by atoms with Gasteiger partial charge in [-0.25, -0.2) is 4.79 Å². The van der Waals surface area contributed by atoms with Crippen molar-refractivity contribution in [2.75, 3.05) is 13.2 Å². The van der Waals surface area contributed by atoms with Gasteiger partial charge in [-0.1, -0.05) is 18.2 Å². The zero-order valence-electron chi connectivity index (χ0n) is 13.5. The van der Waals surface area contributed by atoms with Crippen LogP contribution in [0.15, 0.2) is 42.6 Å². The number of nitrogens with one attached hydrogen (secondary N) is 1. The predicted molar refractivity (Wildman–Crippen MR) is 89.0 cm³/mol. The second kappa shape index (κ2) is 8.67. The summed E-state index contributed by atoms with van der Waals surface area (Å²) in [5, 5.41) is 11.4. The minimum Gasteiger partial charge on any atom is -0.482 e. The number of aliphatic carboxylic acids is 1. The number of amides is 1. The van der Waals surface area contributed by atoms with E-state index < -0.39 is 5.97 Å². The van der Waals surface area contributed by atoms with E-state index in [0.717, 1.165) is 16.8 Å². The Labute approximate surface area is 140 Å². The van der Waals surface area contributed by atoms with E-state index >= 15 is 0 Å². The Morgan fingerprint density at radius 2 is 1.83 bits per heavy atom. The number of hydrogen-bond acceptors (Lipinski definition) is 4. The highest BCUT2D eigenvalue weighted by molar-refractivity contribution is 5.78. The van der Waals surface area contributed by atoms with Crippen LogP contribution >= 0.6 is 0 Å². The van der Waals surface area contributed by atoms with Crippen molar-refractivity contribution in [3.05, 3.63) is 59.4 Å². The van der Waals surface area contributed by atoms with Gasteiger partial charge in [-0.05, 0) is 42.7 Å². The van der Waals surface area contributed by atoms with Crippen molar-refractivity contribution in [1.82, 2.24) is 10.3 Å². The number of benzene rings is 1. The molecule has 0 saturated carbocycles. The predicted octanol–water partition coefficient (Wildman–Crippen LogP) is 1.75. The molecule has 0 aliphatic heterocycles. The maximum Gasteiger partial charge on any atom is 0.341 e. The Hall–Kier alpha value is -2.89. The van der Waals surface area contributed by atoms with Crippen molar-refractivity contribution >= 4 is 11.9 Å². The van der Waals surface area contributed by atoms with Gasteiger partial charge < -0.3 is 15.2 Å². The Balaban J connectivity index is 1.72. The largest absolute Gasteiger partial charge is 0.482 e. The SMILES string of the molecule is Cc1ccc(CC(=O)NCCc2ccc(OCC(=O)O)cc2)cn1. The molecule has 24 heavy (non-hydrogen) atoms. The van der Waals surface area contributed by atoms with Crippen LogP contribution in [-0.4, -0.2) is 35.1 Å². The summed E-state index contributed by atoms with van der Waals surface area (Å²) in [5.74, 6) is -0.537. The number of carbonyl (C=O) groups is 2. The summed E-state index contributed by atoms with van der Waals surface area (Å²) in [6.07, 6.45) is 2.72. The number of pyridine rings is 1. The van der Waals surface area contributed by atoms with E-state index in [1.54, 1.807) is 18.3 Å². The zero-order valence-corrected chi connectivity index (χ0v) is 13.5. The maximum absolute atomic E-state index is 11.9. The van der Waals surface area contributed by atoms with Gasteiger partial charge in [-0.15, -0.1) is 0 Å². The first kappa shape index (κ1) is 17.5. The van der Waals surface area contributed by atoms with Crippen molar-refractivity contribution in [3.8, 4) is 5.75 Å². The summed E-state index contributed by atoms with van der Waals surface area (Å²) in [6, 6.07) is 10.9. The number of rotatable bonds is 8. The first-order valence-corrected chi connectivity index (χ1v) is 7.64. The number of hydrogen-bond donors (Lipinski definition) is 2. The molecule has 1 aromatic carbocycles. The number of ether oxygens (including phenoxy) is 1. The molecule has 0 aliphatic carbocycles. The molecule has 2 aromatic rings. The summed E-state index contributed by atoms with van der Waals surface area (Å²) < 4.78 is 5.06. The van der Waals surface area contributed by atoms with E-state index in [9.17, 15) is 9.59 Å². The Morgan fingerprint density at radius 1 is 1.12 bits per heavy atom. The molecule has 0 bridgehead atoms. The van der Waals surface area contributed by atoms with Crippen molar-refractivity contribution in [1.29, 1.82) is 0 Å². The molecular weight excluding hydrogens is 308 g/mol. The minimum absolute atomic E-state index is 0.0398. The summed E-state index contributed by atoms with van der Waals surface area (Å²) in [7, 11) is 0. The number of nitrogens with zero attached hydrogens (tertiary/aromatic N) is 1. The van der Waals surface area contributed by atoms with Crippen LogP contribution < -0.4 is 10.1 Å². The summed E-state index contributed by atoms with van der Waals surface area (Å²) in [6.45, 7) is 2.08. The van der Waals surface area contributed by atoms with Crippen LogP contribution in [0.2, 0.25) is 0 Å². The highest BCUT2D eigenvalue weighted by Gasteiger charge is 2.04. The molecular formula is C18H20N2O4. The van der Waals surface area contributed by atoms with Crippen LogP contribution in [-0.2, 0) is 22.4 Å². The number of aromatic nitrogens is 1. The maximum atomic E-state index is 11.9. The standard InChI is InChI=1S/C18H20N2O4/c1-13-2-3-15(11-20-13)10-17(21)19-9-8-14-4-6-16(7-5-14)24-12-18(22)23/h2-7,11H,8-10,12H2,1H3,(H,19,21)(H,22,23). The Morgan fingerprint density at radius 3 is 2.46 bits per heavy atom. The lowest BCUT2D eigenvalue weighted by molar-refractivity contribution is -0.139. The van der Waals surface area contributed by atoms with Gasteiger partial charge >= 0.3 is 5.97 Å². The molecule has 6 heteroatoms. The van der Waals surface area contributed by atoms with Gasteiger partial charge in [-0.3, -0.25) is 9.78 Å². The zero-order chi connectivity index (χ0) is 17.4. The van der Waals surface area contributed by atoms with E-state index in [1.807, 2.05) is 31.2 Å².